The number of anilines is 3. The van der Waals surface area contributed by atoms with Crippen molar-refractivity contribution in [1.29, 1.82) is 0 Å². The predicted octanol–water partition coefficient (Wildman–Crippen LogP) is 5.97. The number of aliphatic hydroxyl groups excluding tert-OH is 1. The molecule has 5 rings (SSSR count). The number of amides is 1. The molecule has 1 aromatic heterocycles. The maximum atomic E-state index is 13.2. The first kappa shape index (κ1) is 19.3. The minimum Gasteiger partial charge on any atom is -0.507 e. The van der Waals surface area contributed by atoms with Crippen LogP contribution in [0.5, 0.6) is 0 Å². The second-order valence-corrected chi connectivity index (χ2v) is 8.67. The molecule has 31 heavy (non-hydrogen) atoms. The van der Waals surface area contributed by atoms with Crippen LogP contribution in [0, 0.1) is 13.8 Å². The molecule has 2 N–H and O–H groups in total. The van der Waals surface area contributed by atoms with Crippen molar-refractivity contribution >= 4 is 49.7 Å². The smallest absolute Gasteiger partial charge is 0.258 e. The zero-order valence-electron chi connectivity index (χ0n) is 17.2. The first-order valence-electron chi connectivity index (χ1n) is 10.0. The van der Waals surface area contributed by atoms with Gasteiger partial charge in [0.1, 0.15) is 5.76 Å². The zero-order chi connectivity index (χ0) is 21.5. The normalized spacial score (nSPS) is 13.4. The molecule has 0 saturated heterocycles. The minimum absolute atomic E-state index is 0.00748. The Morgan fingerprint density at radius 1 is 1.03 bits per heavy atom. The zero-order valence-corrected chi connectivity index (χ0v) is 18.0. The highest BCUT2D eigenvalue weighted by atomic mass is 32.1. The van der Waals surface area contributed by atoms with Gasteiger partial charge in [-0.2, -0.15) is 0 Å². The third-order valence-electron chi connectivity index (χ3n) is 5.62. The fourth-order valence-electron chi connectivity index (χ4n) is 3.81. The van der Waals surface area contributed by atoms with Gasteiger partial charge in [-0.25, -0.2) is 4.98 Å². The third kappa shape index (κ3) is 3.45. The lowest BCUT2D eigenvalue weighted by atomic mass is 9.99. The quantitative estimate of drug-likeness (QED) is 0.423. The van der Waals surface area contributed by atoms with Gasteiger partial charge in [-0.15, -0.1) is 0 Å². The summed E-state index contributed by atoms with van der Waals surface area (Å²) >= 11 is 1.44. The number of hydrogen-bond donors (Lipinski definition) is 2. The Hall–Kier alpha value is -3.64. The molecule has 1 aliphatic rings. The van der Waals surface area contributed by atoms with Crippen LogP contribution in [0.2, 0.25) is 0 Å². The standard InChI is InChI=1S/C25H21N3O2S/c1-15-12-20-22(13-16(15)2)31-25(26-20)27-24(30)19-14-28(17-8-4-3-5-9-17)21-11-7-6-10-18(21)23(19)29/h3-13,29H,14H2,1-2H3,(H,26,27,30). The molecule has 1 amide bonds. The molecule has 0 saturated carbocycles. The summed E-state index contributed by atoms with van der Waals surface area (Å²) in [5.74, 6) is -0.339. The fourth-order valence-corrected chi connectivity index (χ4v) is 4.75. The third-order valence-corrected chi connectivity index (χ3v) is 6.55. The lowest BCUT2D eigenvalue weighted by molar-refractivity contribution is -0.112. The van der Waals surface area contributed by atoms with Gasteiger partial charge < -0.3 is 10.0 Å². The average molecular weight is 428 g/mol. The van der Waals surface area contributed by atoms with Crippen molar-refractivity contribution in [2.75, 3.05) is 16.8 Å². The highest BCUT2D eigenvalue weighted by Gasteiger charge is 2.29. The van der Waals surface area contributed by atoms with Crippen LogP contribution in [-0.4, -0.2) is 22.5 Å². The molecule has 0 atom stereocenters. The Morgan fingerprint density at radius 3 is 2.55 bits per heavy atom. The number of para-hydroxylation sites is 2. The van der Waals surface area contributed by atoms with Crippen molar-refractivity contribution in [2.24, 2.45) is 0 Å². The van der Waals surface area contributed by atoms with Crippen LogP contribution in [0.15, 0.2) is 72.3 Å². The van der Waals surface area contributed by atoms with E-state index in [1.807, 2.05) is 72.5 Å². The molecule has 2 heterocycles. The Bertz CT molecular complexity index is 1300. The molecule has 5 nitrogen and oxygen atoms in total. The van der Waals surface area contributed by atoms with E-state index < -0.39 is 0 Å². The number of nitrogens with zero attached hydrogens (tertiary/aromatic N) is 2. The predicted molar refractivity (Wildman–Crippen MR) is 127 cm³/mol. The van der Waals surface area contributed by atoms with Gasteiger partial charge in [0.15, 0.2) is 5.13 Å². The van der Waals surface area contributed by atoms with Gasteiger partial charge in [0, 0.05) is 11.3 Å². The van der Waals surface area contributed by atoms with Crippen LogP contribution < -0.4 is 10.2 Å². The summed E-state index contributed by atoms with van der Waals surface area (Å²) in [7, 11) is 0. The van der Waals surface area contributed by atoms with Crippen molar-refractivity contribution in [3.05, 3.63) is 89.0 Å². The number of rotatable bonds is 3. The molecule has 0 radical (unpaired) electrons. The Balaban J connectivity index is 1.51. The highest BCUT2D eigenvalue weighted by Crippen LogP contribution is 2.38. The number of fused-ring (bicyclic) bond motifs is 2. The average Bonchev–Trinajstić information content (AvgIpc) is 3.15. The molecule has 6 heteroatoms. The molecule has 4 aromatic rings. The van der Waals surface area contributed by atoms with Crippen LogP contribution >= 0.6 is 11.3 Å². The number of nitrogens with one attached hydrogen (secondary N) is 1. The van der Waals surface area contributed by atoms with Gasteiger partial charge in [0.05, 0.1) is 28.0 Å². The summed E-state index contributed by atoms with van der Waals surface area (Å²) in [5.41, 5.74) is 6.00. The van der Waals surface area contributed by atoms with E-state index in [-0.39, 0.29) is 18.2 Å². The van der Waals surface area contributed by atoms with E-state index in [4.69, 9.17) is 0 Å². The SMILES string of the molecule is Cc1cc2nc(NC(=O)C3=C(O)c4ccccc4N(c4ccccc4)C3)sc2cc1C. The topological polar surface area (TPSA) is 65.5 Å². The molecule has 0 bridgehead atoms. The monoisotopic (exact) mass is 427 g/mol. The first-order chi connectivity index (χ1) is 15.0. The molecule has 1 aliphatic heterocycles. The van der Waals surface area contributed by atoms with Gasteiger partial charge >= 0.3 is 0 Å². The van der Waals surface area contributed by atoms with Crippen molar-refractivity contribution in [3.8, 4) is 0 Å². The molecular weight excluding hydrogens is 406 g/mol. The Labute approximate surface area is 184 Å². The van der Waals surface area contributed by atoms with E-state index in [1.54, 1.807) is 0 Å². The number of carbonyl (C=O) groups is 1. The second kappa shape index (κ2) is 7.56. The van der Waals surface area contributed by atoms with E-state index in [1.165, 1.54) is 22.5 Å². The summed E-state index contributed by atoms with van der Waals surface area (Å²) in [6.07, 6.45) is 0. The number of aromatic nitrogens is 1. The van der Waals surface area contributed by atoms with E-state index in [0.717, 1.165) is 21.6 Å². The van der Waals surface area contributed by atoms with Gasteiger partial charge in [0.25, 0.3) is 5.91 Å². The molecule has 3 aromatic carbocycles. The van der Waals surface area contributed by atoms with Crippen molar-refractivity contribution in [1.82, 2.24) is 4.98 Å². The van der Waals surface area contributed by atoms with Gasteiger partial charge in [0.2, 0.25) is 0 Å². The Morgan fingerprint density at radius 2 is 1.74 bits per heavy atom. The molecular formula is C25H21N3O2S. The maximum absolute atomic E-state index is 13.2. The van der Waals surface area contributed by atoms with E-state index in [0.29, 0.717) is 16.3 Å². The van der Waals surface area contributed by atoms with Gasteiger partial charge in [-0.1, -0.05) is 41.7 Å². The molecule has 0 unspecified atom stereocenters. The summed E-state index contributed by atoms with van der Waals surface area (Å²) in [4.78, 5) is 19.8. The summed E-state index contributed by atoms with van der Waals surface area (Å²) in [6.45, 7) is 4.38. The number of aliphatic hydroxyl groups is 1. The first-order valence-corrected chi connectivity index (χ1v) is 10.9. The molecule has 0 spiro atoms. The van der Waals surface area contributed by atoms with Crippen molar-refractivity contribution in [2.45, 2.75) is 13.8 Å². The lowest BCUT2D eigenvalue weighted by Crippen LogP contribution is -2.31. The van der Waals surface area contributed by atoms with Crippen molar-refractivity contribution < 1.29 is 9.90 Å². The highest BCUT2D eigenvalue weighted by molar-refractivity contribution is 7.22. The van der Waals surface area contributed by atoms with Crippen LogP contribution in [0.4, 0.5) is 16.5 Å². The summed E-state index contributed by atoms with van der Waals surface area (Å²) in [6, 6.07) is 21.5. The number of aryl methyl sites for hydroxylation is 2. The van der Waals surface area contributed by atoms with Gasteiger partial charge in [-0.05, 0) is 61.4 Å². The summed E-state index contributed by atoms with van der Waals surface area (Å²) in [5, 5.41) is 14.3. The van der Waals surface area contributed by atoms with Gasteiger partial charge in [-0.3, -0.25) is 10.1 Å². The molecule has 0 aliphatic carbocycles. The lowest BCUT2D eigenvalue weighted by Gasteiger charge is -2.32. The van der Waals surface area contributed by atoms with Crippen LogP contribution in [0.1, 0.15) is 16.7 Å². The minimum atomic E-state index is -0.347. The van der Waals surface area contributed by atoms with Crippen LogP contribution in [0.25, 0.3) is 16.0 Å². The fraction of sp³-hybridized carbons (Fsp3) is 0.120. The molecule has 154 valence electrons. The van der Waals surface area contributed by atoms with E-state index in [2.05, 4.69) is 23.3 Å². The van der Waals surface area contributed by atoms with E-state index in [9.17, 15) is 9.90 Å². The second-order valence-electron chi connectivity index (χ2n) is 7.64. The number of hydrogen-bond acceptors (Lipinski definition) is 5. The van der Waals surface area contributed by atoms with Crippen molar-refractivity contribution in [3.63, 3.8) is 0 Å². The summed E-state index contributed by atoms with van der Waals surface area (Å²) < 4.78 is 1.02. The number of thiazole rings is 1. The van der Waals surface area contributed by atoms with Crippen LogP contribution in [0.3, 0.4) is 0 Å². The largest absolute Gasteiger partial charge is 0.507 e. The number of benzene rings is 3. The van der Waals surface area contributed by atoms with Crippen LogP contribution in [-0.2, 0) is 4.79 Å². The number of carbonyl (C=O) groups excluding carboxylic acids is 1. The Kier molecular flexibility index (Phi) is 4.71. The maximum Gasteiger partial charge on any atom is 0.258 e. The molecule has 0 fully saturated rings. The van der Waals surface area contributed by atoms with E-state index >= 15 is 0 Å².